The molecule has 1 amide bonds. The van der Waals surface area contributed by atoms with Crippen LogP contribution in [0.2, 0.25) is 0 Å². The number of rotatable bonds is 9. The average Bonchev–Trinajstić information content (AvgIpc) is 2.57. The summed E-state index contributed by atoms with van der Waals surface area (Å²) in [6, 6.07) is 15.0. The van der Waals surface area contributed by atoms with Gasteiger partial charge in [0.2, 0.25) is 5.91 Å². The minimum absolute atomic E-state index is 0. The third-order valence-corrected chi connectivity index (χ3v) is 3.50. The van der Waals surface area contributed by atoms with Gasteiger partial charge >= 0.3 is 0 Å². The molecule has 0 bridgehead atoms. The Morgan fingerprint density at radius 3 is 2.50 bits per heavy atom. The Hall–Kier alpha value is -2.08. The maximum absolute atomic E-state index is 12.2. The molecular weight excluding hydrogens is 352 g/mol. The first-order valence-electron chi connectivity index (χ1n) is 8.45. The number of hydrogen-bond donors (Lipinski definition) is 2. The summed E-state index contributed by atoms with van der Waals surface area (Å²) in [4.78, 5) is 12.2. The summed E-state index contributed by atoms with van der Waals surface area (Å²) in [5.74, 6) is -0.0619. The first-order chi connectivity index (χ1) is 12.0. The van der Waals surface area contributed by atoms with Gasteiger partial charge in [-0.3, -0.25) is 4.79 Å². The van der Waals surface area contributed by atoms with Crippen LogP contribution in [0.4, 0.5) is 11.4 Å². The molecule has 5 nitrogen and oxygen atoms in total. The monoisotopic (exact) mass is 378 g/mol. The molecule has 0 aliphatic rings. The maximum Gasteiger partial charge on any atom is 0.228 e. The quantitative estimate of drug-likeness (QED) is 0.514. The van der Waals surface area contributed by atoms with Crippen molar-refractivity contribution in [1.82, 2.24) is 0 Å². The zero-order chi connectivity index (χ0) is 18.1. The molecule has 3 N–H and O–H groups in total. The Morgan fingerprint density at radius 1 is 1.08 bits per heavy atom. The normalized spacial score (nSPS) is 10.4. The zero-order valence-electron chi connectivity index (χ0n) is 15.2. The Bertz CT molecular complexity index is 675. The third-order valence-electron chi connectivity index (χ3n) is 3.50. The van der Waals surface area contributed by atoms with E-state index in [4.69, 9.17) is 15.2 Å². The van der Waals surface area contributed by atoms with Crippen LogP contribution in [0.3, 0.4) is 0 Å². The Kier molecular flexibility index (Phi) is 9.73. The molecule has 0 saturated heterocycles. The Labute approximate surface area is 161 Å². The summed E-state index contributed by atoms with van der Waals surface area (Å²) in [5, 5.41) is 2.91. The number of nitrogens with one attached hydrogen (secondary N) is 1. The van der Waals surface area contributed by atoms with Gasteiger partial charge < -0.3 is 20.5 Å². The van der Waals surface area contributed by atoms with E-state index < -0.39 is 0 Å². The van der Waals surface area contributed by atoms with Crippen LogP contribution >= 0.6 is 12.4 Å². The van der Waals surface area contributed by atoms with Crippen molar-refractivity contribution in [3.63, 3.8) is 0 Å². The molecule has 0 unspecified atom stereocenters. The minimum atomic E-state index is -0.0619. The molecule has 0 heterocycles. The van der Waals surface area contributed by atoms with Gasteiger partial charge in [-0.15, -0.1) is 12.4 Å². The van der Waals surface area contributed by atoms with Crippen LogP contribution in [0.1, 0.15) is 25.0 Å². The molecule has 26 heavy (non-hydrogen) atoms. The molecule has 0 aliphatic carbocycles. The lowest BCUT2D eigenvalue weighted by molar-refractivity contribution is -0.115. The molecule has 2 rings (SSSR count). The van der Waals surface area contributed by atoms with Crippen LogP contribution in [-0.4, -0.2) is 25.2 Å². The third kappa shape index (κ3) is 8.34. The first kappa shape index (κ1) is 22.0. The first-order valence-corrected chi connectivity index (χ1v) is 8.45. The lowest BCUT2D eigenvalue weighted by Crippen LogP contribution is -2.14. The predicted molar refractivity (Wildman–Crippen MR) is 108 cm³/mol. The van der Waals surface area contributed by atoms with E-state index in [1.807, 2.05) is 50.2 Å². The summed E-state index contributed by atoms with van der Waals surface area (Å²) in [7, 11) is 0. The van der Waals surface area contributed by atoms with Gasteiger partial charge in [0.15, 0.2) is 0 Å². The molecule has 6 heteroatoms. The summed E-state index contributed by atoms with van der Waals surface area (Å²) in [6.07, 6.45) is 0.524. The lowest BCUT2D eigenvalue weighted by atomic mass is 10.1. The highest BCUT2D eigenvalue weighted by Gasteiger charge is 2.05. The number of carbonyl (C=O) groups excluding carboxylic acids is 1. The second-order valence-corrected chi connectivity index (χ2v) is 6.14. The topological polar surface area (TPSA) is 73.6 Å². The molecule has 0 fully saturated rings. The number of amides is 1. The van der Waals surface area contributed by atoms with Crippen LogP contribution in [0.25, 0.3) is 0 Å². The molecule has 0 atom stereocenters. The second-order valence-electron chi connectivity index (χ2n) is 6.14. The standard InChI is InChI=1S/C20H26N2O3.ClH/c1-15(2)25-11-10-24-14-17-4-3-5-19(12-17)22-20(23)13-16-6-8-18(21)9-7-16;/h3-9,12,15H,10-11,13-14,21H2,1-2H3,(H,22,23);1H. The number of anilines is 2. The number of nitrogens with two attached hydrogens (primary N) is 1. The molecular formula is C20H27ClN2O3. The van der Waals surface area contributed by atoms with Gasteiger partial charge in [0.1, 0.15) is 0 Å². The maximum atomic E-state index is 12.2. The highest BCUT2D eigenvalue weighted by atomic mass is 35.5. The largest absolute Gasteiger partial charge is 0.399 e. The van der Waals surface area contributed by atoms with Gasteiger partial charge in [-0.1, -0.05) is 24.3 Å². The minimum Gasteiger partial charge on any atom is -0.399 e. The Balaban J connectivity index is 0.00000338. The van der Waals surface area contributed by atoms with Gasteiger partial charge in [0.05, 0.1) is 32.3 Å². The van der Waals surface area contributed by atoms with Crippen LogP contribution < -0.4 is 11.1 Å². The fourth-order valence-corrected chi connectivity index (χ4v) is 2.30. The molecule has 2 aromatic rings. The van der Waals surface area contributed by atoms with Crippen LogP contribution in [0.5, 0.6) is 0 Å². The molecule has 0 spiro atoms. The molecule has 142 valence electrons. The van der Waals surface area contributed by atoms with Crippen molar-refractivity contribution in [3.8, 4) is 0 Å². The number of ether oxygens (including phenoxy) is 2. The van der Waals surface area contributed by atoms with E-state index in [0.717, 1.165) is 16.8 Å². The smallest absolute Gasteiger partial charge is 0.228 e. The molecule has 0 aliphatic heterocycles. The predicted octanol–water partition coefficient (Wildman–Crippen LogP) is 3.81. The van der Waals surface area contributed by atoms with E-state index >= 15 is 0 Å². The average molecular weight is 379 g/mol. The van der Waals surface area contributed by atoms with Crippen LogP contribution in [0.15, 0.2) is 48.5 Å². The van der Waals surface area contributed by atoms with Crippen molar-refractivity contribution in [3.05, 3.63) is 59.7 Å². The van der Waals surface area contributed by atoms with Crippen molar-refractivity contribution < 1.29 is 14.3 Å². The van der Waals surface area contributed by atoms with Gasteiger partial charge in [-0.05, 0) is 49.2 Å². The fourth-order valence-electron chi connectivity index (χ4n) is 2.30. The fraction of sp³-hybridized carbons (Fsp3) is 0.350. The van der Waals surface area contributed by atoms with Crippen molar-refractivity contribution in [2.24, 2.45) is 0 Å². The van der Waals surface area contributed by atoms with Gasteiger partial charge in [-0.2, -0.15) is 0 Å². The van der Waals surface area contributed by atoms with Crippen molar-refractivity contribution in [2.75, 3.05) is 24.3 Å². The van der Waals surface area contributed by atoms with E-state index in [1.165, 1.54) is 0 Å². The van der Waals surface area contributed by atoms with E-state index in [2.05, 4.69) is 5.32 Å². The lowest BCUT2D eigenvalue weighted by Gasteiger charge is -2.10. The van der Waals surface area contributed by atoms with Crippen LogP contribution in [0, 0.1) is 0 Å². The van der Waals surface area contributed by atoms with Crippen molar-refractivity contribution in [1.29, 1.82) is 0 Å². The van der Waals surface area contributed by atoms with Crippen LogP contribution in [-0.2, 0) is 27.3 Å². The molecule has 0 saturated carbocycles. The summed E-state index contributed by atoms with van der Waals surface area (Å²) in [6.45, 7) is 5.61. The summed E-state index contributed by atoms with van der Waals surface area (Å²) < 4.78 is 11.0. The van der Waals surface area contributed by atoms with Gasteiger partial charge in [0, 0.05) is 11.4 Å². The van der Waals surface area contributed by atoms with E-state index in [-0.39, 0.29) is 24.4 Å². The summed E-state index contributed by atoms with van der Waals surface area (Å²) >= 11 is 0. The number of benzene rings is 2. The van der Waals surface area contributed by atoms with Gasteiger partial charge in [-0.25, -0.2) is 0 Å². The number of halogens is 1. The van der Waals surface area contributed by atoms with E-state index in [1.54, 1.807) is 12.1 Å². The molecule has 0 radical (unpaired) electrons. The number of hydrogen-bond acceptors (Lipinski definition) is 4. The second kappa shape index (κ2) is 11.5. The SMILES string of the molecule is CC(C)OCCOCc1cccc(NC(=O)Cc2ccc(N)cc2)c1.Cl. The van der Waals surface area contributed by atoms with E-state index in [0.29, 0.717) is 31.9 Å². The van der Waals surface area contributed by atoms with Crippen molar-refractivity contribution in [2.45, 2.75) is 33.0 Å². The highest BCUT2D eigenvalue weighted by molar-refractivity contribution is 5.92. The molecule has 0 aromatic heterocycles. The number of carbonyl (C=O) groups is 1. The number of nitrogen functional groups attached to an aromatic ring is 1. The Morgan fingerprint density at radius 2 is 1.81 bits per heavy atom. The van der Waals surface area contributed by atoms with Gasteiger partial charge in [0.25, 0.3) is 0 Å². The summed E-state index contributed by atoms with van der Waals surface area (Å²) in [5.41, 5.74) is 9.04. The van der Waals surface area contributed by atoms with E-state index in [9.17, 15) is 4.79 Å². The highest BCUT2D eigenvalue weighted by Crippen LogP contribution is 2.13. The van der Waals surface area contributed by atoms with Crippen molar-refractivity contribution >= 4 is 29.7 Å². The zero-order valence-corrected chi connectivity index (χ0v) is 16.1. The molecule has 2 aromatic carbocycles.